The van der Waals surface area contributed by atoms with Crippen LogP contribution in [0.2, 0.25) is 10.0 Å². The van der Waals surface area contributed by atoms with Crippen molar-refractivity contribution in [2.75, 3.05) is 11.5 Å². The molecular formula is C21H24Cl2N4S2. The lowest BCUT2D eigenvalue weighted by atomic mass is 9.97. The van der Waals surface area contributed by atoms with Gasteiger partial charge < -0.3 is 5.73 Å². The molecule has 4 nitrogen and oxygen atoms in total. The number of unbranched alkanes of at least 4 members (excludes halogenated alkanes) is 2. The number of hydrogen-bond acceptors (Lipinski definition) is 6. The van der Waals surface area contributed by atoms with Crippen molar-refractivity contribution in [1.82, 2.24) is 0 Å². The van der Waals surface area contributed by atoms with Crippen molar-refractivity contribution >= 4 is 52.6 Å². The predicted molar refractivity (Wildman–Crippen MR) is 124 cm³/mol. The van der Waals surface area contributed by atoms with Gasteiger partial charge in [-0.05, 0) is 42.0 Å². The molecule has 1 heterocycles. The highest BCUT2D eigenvalue weighted by Gasteiger charge is 2.92. The van der Waals surface area contributed by atoms with Gasteiger partial charge in [0.15, 0.2) is 4.20 Å². The molecule has 1 aliphatic heterocycles. The first-order valence-electron chi connectivity index (χ1n) is 9.81. The smallest absolute Gasteiger partial charge is 0.175 e. The van der Waals surface area contributed by atoms with Gasteiger partial charge in [-0.3, -0.25) is 0 Å². The SMILES string of the molecule is CCCCSC1(SCCCC)N=C(N)C2(C#N)C(c3ccc(Cl)cc3Cl)C12C#N. The summed E-state index contributed by atoms with van der Waals surface area (Å²) in [6.45, 7) is 4.27. The molecule has 0 radical (unpaired) electrons. The number of hydrogen-bond donors (Lipinski definition) is 1. The van der Waals surface area contributed by atoms with Crippen molar-refractivity contribution in [3.8, 4) is 12.1 Å². The number of thioether (sulfide) groups is 2. The molecule has 3 atom stereocenters. The maximum absolute atomic E-state index is 10.5. The Labute approximate surface area is 191 Å². The maximum Gasteiger partial charge on any atom is 0.175 e. The summed E-state index contributed by atoms with van der Waals surface area (Å²) in [5.74, 6) is 1.55. The lowest BCUT2D eigenvalue weighted by molar-refractivity contribution is 0.562. The summed E-state index contributed by atoms with van der Waals surface area (Å²) in [4.78, 5) is 4.81. The van der Waals surface area contributed by atoms with Crippen molar-refractivity contribution in [2.45, 2.75) is 49.7 Å². The van der Waals surface area contributed by atoms with Crippen molar-refractivity contribution < 1.29 is 0 Å². The normalized spacial score (nSPS) is 28.9. The summed E-state index contributed by atoms with van der Waals surface area (Å²) in [6, 6.07) is 10.1. The van der Waals surface area contributed by atoms with Gasteiger partial charge in [-0.25, -0.2) is 4.99 Å². The molecule has 1 aliphatic carbocycles. The molecule has 3 unspecified atom stereocenters. The van der Waals surface area contributed by atoms with Crippen LogP contribution in [0, 0.1) is 33.5 Å². The van der Waals surface area contributed by atoms with E-state index in [1.165, 1.54) is 0 Å². The number of nitriles is 2. The van der Waals surface area contributed by atoms with Crippen LogP contribution in [0.3, 0.4) is 0 Å². The molecule has 29 heavy (non-hydrogen) atoms. The Kier molecular flexibility index (Phi) is 6.71. The Hall–Kier alpha value is -1.05. The lowest BCUT2D eigenvalue weighted by Crippen LogP contribution is -2.32. The Balaban J connectivity index is 2.13. The van der Waals surface area contributed by atoms with E-state index in [-0.39, 0.29) is 5.84 Å². The first-order valence-corrected chi connectivity index (χ1v) is 12.5. The highest BCUT2D eigenvalue weighted by molar-refractivity contribution is 8.18. The average molecular weight is 467 g/mol. The third-order valence-corrected chi connectivity index (χ3v) is 9.66. The maximum atomic E-state index is 10.5. The molecule has 0 saturated heterocycles. The molecule has 1 aromatic carbocycles. The van der Waals surface area contributed by atoms with Crippen molar-refractivity contribution in [3.63, 3.8) is 0 Å². The summed E-state index contributed by atoms with van der Waals surface area (Å²) in [6.07, 6.45) is 4.14. The van der Waals surface area contributed by atoms with E-state index < -0.39 is 21.0 Å². The molecule has 1 fully saturated rings. The lowest BCUT2D eigenvalue weighted by Gasteiger charge is -2.32. The number of nitrogens with two attached hydrogens (primary N) is 1. The third kappa shape index (κ3) is 3.15. The largest absolute Gasteiger partial charge is 0.386 e. The van der Waals surface area contributed by atoms with Gasteiger partial charge in [0.1, 0.15) is 16.7 Å². The first kappa shape index (κ1) is 22.6. The highest BCUT2D eigenvalue weighted by Crippen LogP contribution is 2.85. The molecule has 0 bridgehead atoms. The summed E-state index contributed by atoms with van der Waals surface area (Å²) in [7, 11) is 0. The van der Waals surface area contributed by atoms with Crippen LogP contribution in [0.4, 0.5) is 0 Å². The molecule has 0 aromatic heterocycles. The number of rotatable bonds is 9. The van der Waals surface area contributed by atoms with E-state index in [4.69, 9.17) is 33.9 Å². The van der Waals surface area contributed by atoms with Crippen LogP contribution in [-0.4, -0.2) is 21.5 Å². The Bertz CT molecular complexity index is 897. The van der Waals surface area contributed by atoms with Crippen LogP contribution in [0.1, 0.15) is 51.0 Å². The Morgan fingerprint density at radius 2 is 1.72 bits per heavy atom. The van der Waals surface area contributed by atoms with Crippen LogP contribution in [0.25, 0.3) is 0 Å². The zero-order valence-electron chi connectivity index (χ0n) is 16.5. The van der Waals surface area contributed by atoms with Crippen LogP contribution in [-0.2, 0) is 0 Å². The van der Waals surface area contributed by atoms with E-state index in [2.05, 4.69) is 26.0 Å². The molecule has 8 heteroatoms. The van der Waals surface area contributed by atoms with Crippen LogP contribution in [0.5, 0.6) is 0 Å². The molecule has 2 aliphatic rings. The van der Waals surface area contributed by atoms with Gasteiger partial charge >= 0.3 is 0 Å². The fraction of sp³-hybridized carbons (Fsp3) is 0.571. The minimum Gasteiger partial charge on any atom is -0.386 e. The zero-order valence-corrected chi connectivity index (χ0v) is 19.7. The molecule has 0 amide bonds. The van der Waals surface area contributed by atoms with E-state index in [1.807, 2.05) is 6.07 Å². The average Bonchev–Trinajstić information content (AvgIpc) is 3.26. The number of fused-ring (bicyclic) bond motifs is 1. The second-order valence-corrected chi connectivity index (χ2v) is 11.1. The molecule has 0 spiro atoms. The van der Waals surface area contributed by atoms with E-state index in [0.717, 1.165) is 42.8 Å². The summed E-state index contributed by atoms with van der Waals surface area (Å²) >= 11 is 15.9. The van der Waals surface area contributed by atoms with Crippen LogP contribution < -0.4 is 5.73 Å². The quantitative estimate of drug-likeness (QED) is 0.345. The predicted octanol–water partition coefficient (Wildman–Crippen LogP) is 6.20. The standard InChI is InChI=1S/C21H24Cl2N4S2/c1-3-5-9-28-21(29-10-6-4-2)20(13-25)17(19(20,12-24)18(26)27-21)15-8-7-14(22)11-16(15)23/h7-8,11,17H,3-6,9-10H2,1-2H3,(H2,26,27). The molecule has 2 N–H and O–H groups in total. The fourth-order valence-corrected chi connectivity index (χ4v) is 8.47. The third-order valence-electron chi connectivity index (χ3n) is 5.79. The molecule has 1 aromatic rings. The van der Waals surface area contributed by atoms with Crippen LogP contribution >= 0.6 is 46.7 Å². The monoisotopic (exact) mass is 466 g/mol. The second kappa shape index (κ2) is 8.60. The summed E-state index contributed by atoms with van der Waals surface area (Å²) < 4.78 is -0.806. The van der Waals surface area contributed by atoms with Gasteiger partial charge in [0.2, 0.25) is 0 Å². The van der Waals surface area contributed by atoms with Gasteiger partial charge in [-0.15, -0.1) is 23.5 Å². The zero-order chi connectivity index (χ0) is 21.3. The summed E-state index contributed by atoms with van der Waals surface area (Å²) in [5.41, 5.74) is 4.94. The van der Waals surface area contributed by atoms with E-state index in [9.17, 15) is 10.5 Å². The molecule has 3 rings (SSSR count). The van der Waals surface area contributed by atoms with E-state index in [0.29, 0.717) is 10.0 Å². The number of halogens is 2. The van der Waals surface area contributed by atoms with E-state index >= 15 is 0 Å². The summed E-state index contributed by atoms with van der Waals surface area (Å²) in [5, 5.41) is 21.7. The van der Waals surface area contributed by atoms with Gasteiger partial charge in [0.25, 0.3) is 0 Å². The Morgan fingerprint density at radius 1 is 1.10 bits per heavy atom. The van der Waals surface area contributed by atoms with Crippen LogP contribution in [0.15, 0.2) is 23.2 Å². The van der Waals surface area contributed by atoms with Gasteiger partial charge in [-0.2, -0.15) is 10.5 Å². The van der Waals surface area contributed by atoms with E-state index in [1.54, 1.807) is 35.7 Å². The van der Waals surface area contributed by atoms with Crippen molar-refractivity contribution in [3.05, 3.63) is 33.8 Å². The molecule has 1 saturated carbocycles. The number of aliphatic imine (C=N–C) groups is 1. The first-order chi connectivity index (χ1) is 13.9. The number of nitrogens with zero attached hydrogens (tertiary/aromatic N) is 3. The van der Waals surface area contributed by atoms with Crippen molar-refractivity contribution in [2.24, 2.45) is 21.6 Å². The number of amidine groups is 1. The van der Waals surface area contributed by atoms with Crippen molar-refractivity contribution in [1.29, 1.82) is 10.5 Å². The second-order valence-electron chi connectivity index (χ2n) is 7.42. The van der Waals surface area contributed by atoms with Gasteiger partial charge in [-0.1, -0.05) is 56.0 Å². The highest BCUT2D eigenvalue weighted by atomic mass is 35.5. The minimum absolute atomic E-state index is 0.255. The minimum atomic E-state index is -1.16. The molecular weight excluding hydrogens is 443 g/mol. The Morgan fingerprint density at radius 3 is 2.21 bits per heavy atom. The topological polar surface area (TPSA) is 86.0 Å². The fourth-order valence-electron chi connectivity index (χ4n) is 4.27. The van der Waals surface area contributed by atoms with Gasteiger partial charge in [0, 0.05) is 16.0 Å². The molecule has 154 valence electrons. The van der Waals surface area contributed by atoms with Gasteiger partial charge in [0.05, 0.1) is 12.1 Å². The number of benzene rings is 1.